The Labute approximate surface area is 119 Å². The average molecular weight is 277 g/mol. The van der Waals surface area contributed by atoms with Gasteiger partial charge in [0.1, 0.15) is 0 Å². The summed E-state index contributed by atoms with van der Waals surface area (Å²) in [6.45, 7) is 0.825. The van der Waals surface area contributed by atoms with Crippen LogP contribution in [-0.4, -0.2) is 24.3 Å². The van der Waals surface area contributed by atoms with Crippen molar-refractivity contribution in [3.05, 3.63) is 23.9 Å². The third-order valence-corrected chi connectivity index (χ3v) is 4.78. The molecule has 2 unspecified atom stereocenters. The predicted molar refractivity (Wildman–Crippen MR) is 76.1 cm³/mol. The molecule has 1 aliphatic carbocycles. The molecule has 2 heterocycles. The lowest BCUT2D eigenvalue weighted by molar-refractivity contribution is -0.147. The lowest BCUT2D eigenvalue weighted by Gasteiger charge is -2.48. The van der Waals surface area contributed by atoms with Gasteiger partial charge in [0, 0.05) is 18.4 Å². The van der Waals surface area contributed by atoms with Crippen molar-refractivity contribution in [2.75, 3.05) is 13.7 Å². The van der Waals surface area contributed by atoms with Gasteiger partial charge in [-0.1, -0.05) is 6.07 Å². The van der Waals surface area contributed by atoms with Crippen LogP contribution in [0.4, 0.5) is 0 Å². The maximum absolute atomic E-state index is 6.00. The van der Waals surface area contributed by atoms with Crippen LogP contribution in [0.2, 0.25) is 0 Å². The van der Waals surface area contributed by atoms with E-state index in [1.165, 1.54) is 19.3 Å². The van der Waals surface area contributed by atoms with Crippen LogP contribution in [0.1, 0.15) is 43.7 Å². The van der Waals surface area contributed by atoms with Crippen LogP contribution in [-0.2, 0) is 4.74 Å². The first-order valence-electron chi connectivity index (χ1n) is 7.37. The smallest absolute Gasteiger partial charge is 0.217 e. The molecular formula is C15H23N3O2. The molecule has 1 aliphatic heterocycles. The van der Waals surface area contributed by atoms with Gasteiger partial charge < -0.3 is 9.47 Å². The van der Waals surface area contributed by atoms with Gasteiger partial charge in [-0.05, 0) is 44.1 Å². The molecule has 0 amide bonds. The molecular weight excluding hydrogens is 254 g/mol. The average Bonchev–Trinajstić information content (AvgIpc) is 2.47. The van der Waals surface area contributed by atoms with E-state index in [0.717, 1.165) is 25.0 Å². The van der Waals surface area contributed by atoms with Crippen LogP contribution in [0.3, 0.4) is 0 Å². The van der Waals surface area contributed by atoms with E-state index >= 15 is 0 Å². The molecule has 1 saturated heterocycles. The van der Waals surface area contributed by atoms with E-state index in [4.69, 9.17) is 15.3 Å². The summed E-state index contributed by atoms with van der Waals surface area (Å²) in [5.74, 6) is 6.96. The molecule has 1 aromatic heterocycles. The highest BCUT2D eigenvalue weighted by Crippen LogP contribution is 2.47. The van der Waals surface area contributed by atoms with Gasteiger partial charge in [0.15, 0.2) is 0 Å². The lowest BCUT2D eigenvalue weighted by atomic mass is 9.70. The fraction of sp³-hybridized carbons (Fsp3) is 0.667. The fourth-order valence-corrected chi connectivity index (χ4v) is 3.56. The first-order chi connectivity index (χ1) is 9.78. The van der Waals surface area contributed by atoms with Gasteiger partial charge >= 0.3 is 0 Å². The summed E-state index contributed by atoms with van der Waals surface area (Å²) in [5, 5.41) is 0. The summed E-state index contributed by atoms with van der Waals surface area (Å²) in [6.07, 6.45) is 7.49. The first kappa shape index (κ1) is 13.8. The van der Waals surface area contributed by atoms with E-state index in [9.17, 15) is 0 Å². The Morgan fingerprint density at radius 2 is 2.40 bits per heavy atom. The van der Waals surface area contributed by atoms with Gasteiger partial charge in [-0.25, -0.2) is 4.98 Å². The van der Waals surface area contributed by atoms with Crippen molar-refractivity contribution in [3.63, 3.8) is 0 Å². The van der Waals surface area contributed by atoms with Crippen molar-refractivity contribution < 1.29 is 9.47 Å². The van der Waals surface area contributed by atoms with Crippen LogP contribution >= 0.6 is 0 Å². The number of nitrogens with two attached hydrogens (primary N) is 1. The summed E-state index contributed by atoms with van der Waals surface area (Å²) in [6, 6.07) is 4.04. The molecule has 5 heteroatoms. The number of hydrazine groups is 1. The van der Waals surface area contributed by atoms with Crippen molar-refractivity contribution >= 4 is 0 Å². The highest BCUT2D eigenvalue weighted by atomic mass is 16.5. The zero-order chi connectivity index (χ0) is 14.0. The summed E-state index contributed by atoms with van der Waals surface area (Å²) in [7, 11) is 1.65. The maximum Gasteiger partial charge on any atom is 0.217 e. The number of hydrogen-bond acceptors (Lipinski definition) is 5. The van der Waals surface area contributed by atoms with Crippen molar-refractivity contribution in [3.8, 4) is 5.88 Å². The van der Waals surface area contributed by atoms with Crippen molar-refractivity contribution in [1.29, 1.82) is 0 Å². The van der Waals surface area contributed by atoms with Gasteiger partial charge in [-0.2, -0.15) is 0 Å². The fourth-order valence-electron chi connectivity index (χ4n) is 3.56. The quantitative estimate of drug-likeness (QED) is 0.650. The van der Waals surface area contributed by atoms with Crippen LogP contribution in [0.5, 0.6) is 5.88 Å². The Hall–Kier alpha value is -1.17. The van der Waals surface area contributed by atoms with E-state index in [1.54, 1.807) is 13.3 Å². The van der Waals surface area contributed by atoms with Gasteiger partial charge in [0.2, 0.25) is 5.88 Å². The second-order valence-electron chi connectivity index (χ2n) is 5.88. The number of nitrogens with zero attached hydrogens (tertiary/aromatic N) is 1. The molecule has 0 bridgehead atoms. The first-order valence-corrected chi connectivity index (χ1v) is 7.37. The lowest BCUT2D eigenvalue weighted by Crippen LogP contribution is -2.48. The van der Waals surface area contributed by atoms with Crippen molar-refractivity contribution in [2.45, 2.75) is 43.7 Å². The van der Waals surface area contributed by atoms with Gasteiger partial charge in [0.05, 0.1) is 18.8 Å². The molecule has 3 rings (SSSR count). The van der Waals surface area contributed by atoms with Gasteiger partial charge in [-0.3, -0.25) is 11.3 Å². The third-order valence-electron chi connectivity index (χ3n) is 4.78. The second-order valence-corrected chi connectivity index (χ2v) is 5.88. The standard InChI is InChI=1S/C15H23N3O2/c1-19-14-12(4-2-8-17-14)13(18-16)11-5-9-20-15(10-11)6-3-7-15/h2,4,8,11,13,18H,3,5-7,9-10,16H2,1H3. The number of hydrogen-bond donors (Lipinski definition) is 2. The normalized spacial score (nSPS) is 26.0. The highest BCUT2D eigenvalue weighted by Gasteiger charge is 2.44. The molecule has 3 N–H and O–H groups in total. The Balaban J connectivity index is 1.82. The summed E-state index contributed by atoms with van der Waals surface area (Å²) in [4.78, 5) is 4.28. The number of ether oxygens (including phenoxy) is 2. The van der Waals surface area contributed by atoms with E-state index in [2.05, 4.69) is 10.4 Å². The van der Waals surface area contributed by atoms with Crippen molar-refractivity contribution in [1.82, 2.24) is 10.4 Å². The van der Waals surface area contributed by atoms with Crippen LogP contribution in [0.15, 0.2) is 18.3 Å². The molecule has 0 aromatic carbocycles. The zero-order valence-corrected chi connectivity index (χ0v) is 12.0. The Morgan fingerprint density at radius 1 is 1.55 bits per heavy atom. The van der Waals surface area contributed by atoms with Gasteiger partial charge in [0.25, 0.3) is 0 Å². The molecule has 2 fully saturated rings. The highest BCUT2D eigenvalue weighted by molar-refractivity contribution is 5.29. The minimum absolute atomic E-state index is 0.0695. The Kier molecular flexibility index (Phi) is 3.92. The minimum atomic E-state index is 0.0695. The number of rotatable bonds is 4. The van der Waals surface area contributed by atoms with Crippen LogP contribution in [0, 0.1) is 5.92 Å². The van der Waals surface area contributed by atoms with E-state index in [1.807, 2.05) is 12.1 Å². The SMILES string of the molecule is COc1ncccc1C(NN)C1CCOC2(CCC2)C1. The zero-order valence-electron chi connectivity index (χ0n) is 12.0. The molecule has 1 aromatic rings. The predicted octanol–water partition coefficient (Wildman–Crippen LogP) is 1.94. The maximum atomic E-state index is 6.00. The molecule has 1 saturated carbocycles. The number of pyridine rings is 1. The Bertz CT molecular complexity index is 462. The summed E-state index contributed by atoms with van der Waals surface area (Å²) >= 11 is 0. The molecule has 0 radical (unpaired) electrons. The third kappa shape index (κ3) is 2.41. The summed E-state index contributed by atoms with van der Waals surface area (Å²) < 4.78 is 11.4. The topological polar surface area (TPSA) is 69.4 Å². The minimum Gasteiger partial charge on any atom is -0.481 e. The number of nitrogens with one attached hydrogen (secondary N) is 1. The molecule has 1 spiro atoms. The van der Waals surface area contributed by atoms with Crippen molar-refractivity contribution in [2.24, 2.45) is 11.8 Å². The second kappa shape index (κ2) is 5.68. The molecule has 2 atom stereocenters. The van der Waals surface area contributed by atoms with Crippen LogP contribution in [0.25, 0.3) is 0 Å². The molecule has 5 nitrogen and oxygen atoms in total. The van der Waals surface area contributed by atoms with Crippen LogP contribution < -0.4 is 16.0 Å². The van der Waals surface area contributed by atoms with E-state index in [-0.39, 0.29) is 11.6 Å². The molecule has 20 heavy (non-hydrogen) atoms. The Morgan fingerprint density at radius 3 is 3.05 bits per heavy atom. The van der Waals surface area contributed by atoms with E-state index < -0.39 is 0 Å². The summed E-state index contributed by atoms with van der Waals surface area (Å²) in [5.41, 5.74) is 4.13. The van der Waals surface area contributed by atoms with Gasteiger partial charge in [-0.15, -0.1) is 0 Å². The van der Waals surface area contributed by atoms with E-state index in [0.29, 0.717) is 11.8 Å². The molecule has 2 aliphatic rings. The number of aromatic nitrogens is 1. The largest absolute Gasteiger partial charge is 0.481 e. The molecule has 110 valence electrons. The number of methoxy groups -OCH3 is 1. The monoisotopic (exact) mass is 277 g/mol.